The highest BCUT2D eigenvalue weighted by molar-refractivity contribution is 5.50. The Kier molecular flexibility index (Phi) is 3.61. The van der Waals surface area contributed by atoms with Crippen LogP contribution in [0.1, 0.15) is 24.0 Å². The lowest BCUT2D eigenvalue weighted by molar-refractivity contribution is -0.901. The number of hydrogen-bond donors (Lipinski definition) is 1. The molecule has 1 fully saturated rings. The first-order valence-corrected chi connectivity index (χ1v) is 7.33. The standard InChI is InChI=1S/C16H23NO3/c1-17-10-12-8-14(18-2)15(19-3)9-13(12)16(11-17)4-6-20-7-5-16/h8-9H,4-7,10-11H2,1-3H3/p+1. The summed E-state index contributed by atoms with van der Waals surface area (Å²) in [6.07, 6.45) is 2.21. The fourth-order valence-electron chi connectivity index (χ4n) is 3.83. The highest BCUT2D eigenvalue weighted by atomic mass is 16.5. The van der Waals surface area contributed by atoms with Crippen molar-refractivity contribution < 1.29 is 19.1 Å². The number of fused-ring (bicyclic) bond motifs is 2. The summed E-state index contributed by atoms with van der Waals surface area (Å²) in [6.45, 7) is 3.96. The van der Waals surface area contributed by atoms with Crippen molar-refractivity contribution in [2.75, 3.05) is 41.0 Å². The van der Waals surface area contributed by atoms with Crippen LogP contribution in [-0.2, 0) is 16.7 Å². The van der Waals surface area contributed by atoms with Crippen molar-refractivity contribution in [1.29, 1.82) is 0 Å². The molecule has 0 aliphatic carbocycles. The number of likely N-dealkylation sites (N-methyl/N-ethyl adjacent to an activating group) is 1. The molecule has 0 aromatic heterocycles. The van der Waals surface area contributed by atoms with Gasteiger partial charge in [0.05, 0.1) is 27.8 Å². The van der Waals surface area contributed by atoms with Gasteiger partial charge in [-0.3, -0.25) is 0 Å². The Labute approximate surface area is 120 Å². The van der Waals surface area contributed by atoms with E-state index in [0.29, 0.717) is 0 Å². The van der Waals surface area contributed by atoms with Gasteiger partial charge in [-0.1, -0.05) is 0 Å². The molecule has 0 bridgehead atoms. The molecule has 1 atom stereocenters. The Morgan fingerprint density at radius 3 is 2.40 bits per heavy atom. The van der Waals surface area contributed by atoms with Gasteiger partial charge in [0.15, 0.2) is 11.5 Å². The summed E-state index contributed by atoms with van der Waals surface area (Å²) in [5, 5.41) is 0. The lowest BCUT2D eigenvalue weighted by Crippen LogP contribution is -3.10. The molecule has 2 aliphatic heterocycles. The van der Waals surface area contributed by atoms with Gasteiger partial charge in [-0.05, 0) is 30.5 Å². The van der Waals surface area contributed by atoms with Crippen LogP contribution in [0.3, 0.4) is 0 Å². The number of nitrogens with one attached hydrogen (secondary N) is 1. The zero-order valence-corrected chi connectivity index (χ0v) is 12.6. The second-order valence-corrected chi connectivity index (χ2v) is 6.07. The number of rotatable bonds is 2. The maximum Gasteiger partial charge on any atom is 0.161 e. The molecule has 1 aromatic rings. The first kappa shape index (κ1) is 13.7. The van der Waals surface area contributed by atoms with Gasteiger partial charge in [0, 0.05) is 24.2 Å². The van der Waals surface area contributed by atoms with Gasteiger partial charge in [-0.25, -0.2) is 0 Å². The number of benzene rings is 1. The normalized spacial score (nSPS) is 24.2. The molecule has 2 heterocycles. The molecule has 1 spiro atoms. The zero-order valence-electron chi connectivity index (χ0n) is 12.6. The number of quaternary nitrogens is 1. The molecular weight excluding hydrogens is 254 g/mol. The molecule has 0 amide bonds. The van der Waals surface area contributed by atoms with Crippen LogP contribution in [0.5, 0.6) is 11.5 Å². The summed E-state index contributed by atoms with van der Waals surface area (Å²) >= 11 is 0. The zero-order chi connectivity index (χ0) is 14.2. The predicted octanol–water partition coefficient (Wildman–Crippen LogP) is 0.780. The Bertz CT molecular complexity index is 495. The van der Waals surface area contributed by atoms with E-state index in [4.69, 9.17) is 14.2 Å². The van der Waals surface area contributed by atoms with Gasteiger partial charge < -0.3 is 19.1 Å². The third-order valence-electron chi connectivity index (χ3n) is 4.76. The Balaban J connectivity index is 2.10. The summed E-state index contributed by atoms with van der Waals surface area (Å²) < 4.78 is 16.5. The Hall–Kier alpha value is -1.26. The quantitative estimate of drug-likeness (QED) is 0.868. The van der Waals surface area contributed by atoms with E-state index in [1.165, 1.54) is 17.7 Å². The van der Waals surface area contributed by atoms with Crippen molar-refractivity contribution in [1.82, 2.24) is 0 Å². The molecule has 1 N–H and O–H groups in total. The lowest BCUT2D eigenvalue weighted by atomic mass is 9.70. The van der Waals surface area contributed by atoms with Gasteiger partial charge in [0.2, 0.25) is 0 Å². The van der Waals surface area contributed by atoms with Crippen LogP contribution in [0, 0.1) is 0 Å². The van der Waals surface area contributed by atoms with Crippen LogP contribution < -0.4 is 14.4 Å². The highest BCUT2D eigenvalue weighted by Gasteiger charge is 2.43. The van der Waals surface area contributed by atoms with Crippen LogP contribution in [0.4, 0.5) is 0 Å². The topological polar surface area (TPSA) is 32.1 Å². The number of methoxy groups -OCH3 is 2. The molecule has 4 heteroatoms. The molecule has 3 rings (SSSR count). The lowest BCUT2D eigenvalue weighted by Gasteiger charge is -2.43. The summed E-state index contributed by atoms with van der Waals surface area (Å²) in [5.74, 6) is 1.68. The highest BCUT2D eigenvalue weighted by Crippen LogP contribution is 2.42. The largest absolute Gasteiger partial charge is 0.493 e. The molecule has 2 aliphatic rings. The molecule has 0 saturated carbocycles. The van der Waals surface area contributed by atoms with Crippen LogP contribution in [0.15, 0.2) is 12.1 Å². The maximum absolute atomic E-state index is 5.58. The predicted molar refractivity (Wildman–Crippen MR) is 76.7 cm³/mol. The van der Waals surface area contributed by atoms with Crippen LogP contribution >= 0.6 is 0 Å². The molecule has 110 valence electrons. The second kappa shape index (κ2) is 5.26. The summed E-state index contributed by atoms with van der Waals surface area (Å²) in [7, 11) is 5.69. The molecule has 1 unspecified atom stereocenters. The van der Waals surface area contributed by atoms with Crippen molar-refractivity contribution in [2.45, 2.75) is 24.8 Å². The minimum atomic E-state index is 0.246. The van der Waals surface area contributed by atoms with Crippen molar-refractivity contribution >= 4 is 0 Å². The van der Waals surface area contributed by atoms with Gasteiger partial charge in [-0.2, -0.15) is 0 Å². The first-order valence-electron chi connectivity index (χ1n) is 7.33. The Morgan fingerprint density at radius 2 is 1.75 bits per heavy atom. The van der Waals surface area contributed by atoms with Crippen LogP contribution in [-0.4, -0.2) is 41.0 Å². The van der Waals surface area contributed by atoms with E-state index >= 15 is 0 Å². The second-order valence-electron chi connectivity index (χ2n) is 6.07. The average molecular weight is 278 g/mol. The first-order chi connectivity index (χ1) is 9.68. The van der Waals surface area contributed by atoms with Crippen molar-refractivity contribution in [3.8, 4) is 11.5 Å². The van der Waals surface area contributed by atoms with Crippen LogP contribution in [0.2, 0.25) is 0 Å². The SMILES string of the molecule is COc1cc2c(cc1OC)C1(CCOCC1)C[NH+](C)C2. The maximum atomic E-state index is 5.58. The summed E-state index contributed by atoms with van der Waals surface area (Å²) in [6, 6.07) is 4.36. The van der Waals surface area contributed by atoms with E-state index in [-0.39, 0.29) is 5.41 Å². The Morgan fingerprint density at radius 1 is 1.10 bits per heavy atom. The van der Waals surface area contributed by atoms with Gasteiger partial charge in [0.25, 0.3) is 0 Å². The molecule has 20 heavy (non-hydrogen) atoms. The fraction of sp³-hybridized carbons (Fsp3) is 0.625. The van der Waals surface area contributed by atoms with Gasteiger partial charge >= 0.3 is 0 Å². The number of hydrogen-bond acceptors (Lipinski definition) is 3. The smallest absolute Gasteiger partial charge is 0.161 e. The van der Waals surface area contributed by atoms with E-state index in [0.717, 1.165) is 44.1 Å². The molecule has 1 saturated heterocycles. The fourth-order valence-corrected chi connectivity index (χ4v) is 3.83. The number of ether oxygens (including phenoxy) is 3. The van der Waals surface area contributed by atoms with E-state index in [1.54, 1.807) is 19.1 Å². The van der Waals surface area contributed by atoms with Crippen molar-refractivity contribution in [2.24, 2.45) is 0 Å². The molecular formula is C16H24NO3+. The van der Waals surface area contributed by atoms with Crippen molar-refractivity contribution in [3.63, 3.8) is 0 Å². The van der Waals surface area contributed by atoms with E-state index in [1.807, 2.05) is 0 Å². The van der Waals surface area contributed by atoms with Crippen molar-refractivity contribution in [3.05, 3.63) is 23.3 Å². The summed E-state index contributed by atoms with van der Waals surface area (Å²) in [4.78, 5) is 1.56. The van der Waals surface area contributed by atoms with Gasteiger partial charge in [0.1, 0.15) is 6.54 Å². The monoisotopic (exact) mass is 278 g/mol. The van der Waals surface area contributed by atoms with Gasteiger partial charge in [-0.15, -0.1) is 0 Å². The minimum Gasteiger partial charge on any atom is -0.493 e. The third kappa shape index (κ3) is 2.17. The van der Waals surface area contributed by atoms with E-state index < -0.39 is 0 Å². The average Bonchev–Trinajstić information content (AvgIpc) is 2.46. The molecule has 0 radical (unpaired) electrons. The minimum absolute atomic E-state index is 0.246. The van der Waals surface area contributed by atoms with E-state index in [2.05, 4.69) is 19.2 Å². The third-order valence-corrected chi connectivity index (χ3v) is 4.76. The molecule has 1 aromatic carbocycles. The van der Waals surface area contributed by atoms with Crippen LogP contribution in [0.25, 0.3) is 0 Å². The molecule has 4 nitrogen and oxygen atoms in total. The van der Waals surface area contributed by atoms with E-state index in [9.17, 15) is 0 Å². The summed E-state index contributed by atoms with van der Waals surface area (Å²) in [5.41, 5.74) is 3.09.